The van der Waals surface area contributed by atoms with Gasteiger partial charge in [0.2, 0.25) is 0 Å². The molecule has 1 heteroatoms. The topological polar surface area (TPSA) is 20.2 Å². The van der Waals surface area contributed by atoms with Crippen LogP contribution in [-0.2, 0) is 6.42 Å². The minimum atomic E-state index is 0.222. The van der Waals surface area contributed by atoms with Crippen LogP contribution in [0, 0.1) is 6.07 Å². The van der Waals surface area contributed by atoms with Crippen LogP contribution in [-0.4, -0.2) is 5.11 Å². The van der Waals surface area contributed by atoms with Crippen LogP contribution in [0.25, 0.3) is 0 Å². The van der Waals surface area contributed by atoms with Gasteiger partial charge in [-0.05, 0) is 24.1 Å². The predicted molar refractivity (Wildman–Crippen MR) is 40.9 cm³/mol. The minimum absolute atomic E-state index is 0.222. The molecule has 0 aliphatic carbocycles. The van der Waals surface area contributed by atoms with Gasteiger partial charge in [-0.2, -0.15) is 0 Å². The molecule has 0 saturated heterocycles. The Morgan fingerprint density at radius 3 is 2.80 bits per heavy atom. The van der Waals surface area contributed by atoms with Crippen molar-refractivity contribution in [1.29, 1.82) is 0 Å². The molecule has 1 aromatic rings. The lowest BCUT2D eigenvalue weighted by molar-refractivity contribution is 0.474. The second-order valence-electron chi connectivity index (χ2n) is 2.33. The zero-order chi connectivity index (χ0) is 7.40. The Balaban J connectivity index is 2.69. The van der Waals surface area contributed by atoms with Gasteiger partial charge in [-0.15, -0.1) is 0 Å². The van der Waals surface area contributed by atoms with Crippen molar-refractivity contribution in [3.63, 3.8) is 0 Å². The molecular formula is C9H11O. The molecule has 10 heavy (non-hydrogen) atoms. The molecule has 0 fully saturated rings. The van der Waals surface area contributed by atoms with E-state index in [-0.39, 0.29) is 5.75 Å². The lowest BCUT2D eigenvalue weighted by Gasteiger charge is -1.96. The van der Waals surface area contributed by atoms with Crippen molar-refractivity contribution >= 4 is 0 Å². The smallest absolute Gasteiger partial charge is 0.123 e. The quantitative estimate of drug-likeness (QED) is 0.658. The maximum atomic E-state index is 8.87. The number of phenolic OH excluding ortho intramolecular Hbond substituents is 1. The summed E-state index contributed by atoms with van der Waals surface area (Å²) in [6.07, 6.45) is 2.20. The molecule has 0 spiro atoms. The summed E-state index contributed by atoms with van der Waals surface area (Å²) in [6.45, 7) is 2.13. The molecule has 0 aliphatic heterocycles. The number of aryl methyl sites for hydroxylation is 1. The number of aromatic hydroxyl groups is 1. The van der Waals surface area contributed by atoms with Gasteiger partial charge in [0.25, 0.3) is 0 Å². The average molecular weight is 135 g/mol. The standard InChI is InChI=1S/C9H11O/c1-2-3-8-4-6-9(10)7-5-8/h4-6,10H,2-3H2,1H3. The zero-order valence-electron chi connectivity index (χ0n) is 6.09. The molecule has 0 aliphatic rings. The lowest BCUT2D eigenvalue weighted by Crippen LogP contribution is -1.80. The van der Waals surface area contributed by atoms with E-state index in [4.69, 9.17) is 5.11 Å². The maximum absolute atomic E-state index is 8.87. The molecule has 0 bridgehead atoms. The fraction of sp³-hybridized carbons (Fsp3) is 0.333. The maximum Gasteiger partial charge on any atom is 0.123 e. The molecule has 1 rings (SSSR count). The second kappa shape index (κ2) is 3.25. The Morgan fingerprint density at radius 2 is 2.30 bits per heavy atom. The first-order chi connectivity index (χ1) is 4.83. The lowest BCUT2D eigenvalue weighted by atomic mass is 10.1. The zero-order valence-corrected chi connectivity index (χ0v) is 6.09. The summed E-state index contributed by atoms with van der Waals surface area (Å²) in [5.41, 5.74) is 1.24. The van der Waals surface area contributed by atoms with Crippen LogP contribution in [0.1, 0.15) is 18.9 Å². The van der Waals surface area contributed by atoms with E-state index in [0.29, 0.717) is 0 Å². The molecule has 0 unspecified atom stereocenters. The molecule has 0 saturated carbocycles. The van der Waals surface area contributed by atoms with Crippen LogP contribution in [0.2, 0.25) is 0 Å². The highest BCUT2D eigenvalue weighted by atomic mass is 16.3. The highest BCUT2D eigenvalue weighted by molar-refractivity contribution is 5.24. The van der Waals surface area contributed by atoms with Crippen molar-refractivity contribution in [3.05, 3.63) is 29.8 Å². The Hall–Kier alpha value is -0.980. The van der Waals surface area contributed by atoms with E-state index < -0.39 is 0 Å². The number of hydrogen-bond acceptors (Lipinski definition) is 1. The highest BCUT2D eigenvalue weighted by Gasteiger charge is 1.89. The third kappa shape index (κ3) is 1.76. The van der Waals surface area contributed by atoms with Gasteiger partial charge in [-0.3, -0.25) is 0 Å². The SMILES string of the molecule is CCCc1c[c]c(O)cc1. The van der Waals surface area contributed by atoms with Crippen molar-refractivity contribution < 1.29 is 5.11 Å². The van der Waals surface area contributed by atoms with Crippen LogP contribution < -0.4 is 0 Å². The molecule has 0 amide bonds. The molecule has 0 aromatic heterocycles. The predicted octanol–water partition coefficient (Wildman–Crippen LogP) is 2.14. The molecule has 0 atom stereocenters. The van der Waals surface area contributed by atoms with Crippen molar-refractivity contribution in [1.82, 2.24) is 0 Å². The van der Waals surface area contributed by atoms with E-state index in [9.17, 15) is 0 Å². The van der Waals surface area contributed by atoms with E-state index in [0.717, 1.165) is 12.8 Å². The summed E-state index contributed by atoms with van der Waals surface area (Å²) in [5, 5.41) is 8.87. The average Bonchev–Trinajstić information content (AvgIpc) is 1.95. The monoisotopic (exact) mass is 135 g/mol. The largest absolute Gasteiger partial charge is 0.507 e. The van der Waals surface area contributed by atoms with Gasteiger partial charge < -0.3 is 5.11 Å². The molecule has 0 heterocycles. The number of rotatable bonds is 2. The van der Waals surface area contributed by atoms with E-state index in [2.05, 4.69) is 13.0 Å². The van der Waals surface area contributed by atoms with Crippen LogP contribution in [0.5, 0.6) is 5.75 Å². The van der Waals surface area contributed by atoms with E-state index in [1.54, 1.807) is 6.07 Å². The first-order valence-corrected chi connectivity index (χ1v) is 3.52. The van der Waals surface area contributed by atoms with Crippen LogP contribution in [0.15, 0.2) is 18.2 Å². The van der Waals surface area contributed by atoms with E-state index in [1.807, 2.05) is 12.1 Å². The summed E-state index contributed by atoms with van der Waals surface area (Å²) in [4.78, 5) is 0. The fourth-order valence-corrected chi connectivity index (χ4v) is 0.893. The number of phenols is 1. The normalized spacial score (nSPS) is 9.70. The first kappa shape index (κ1) is 7.13. The van der Waals surface area contributed by atoms with Gasteiger partial charge in [0.15, 0.2) is 0 Å². The summed E-state index contributed by atoms with van der Waals surface area (Å²) in [5.74, 6) is 0.222. The van der Waals surface area contributed by atoms with Crippen molar-refractivity contribution in [2.75, 3.05) is 0 Å². The van der Waals surface area contributed by atoms with Crippen molar-refractivity contribution in [3.8, 4) is 5.75 Å². The second-order valence-corrected chi connectivity index (χ2v) is 2.33. The Morgan fingerprint density at radius 1 is 1.50 bits per heavy atom. The Kier molecular flexibility index (Phi) is 2.32. The number of hydrogen-bond donors (Lipinski definition) is 1. The van der Waals surface area contributed by atoms with Crippen LogP contribution in [0.3, 0.4) is 0 Å². The van der Waals surface area contributed by atoms with Gasteiger partial charge in [0, 0.05) is 6.07 Å². The minimum Gasteiger partial charge on any atom is -0.507 e. The third-order valence-corrected chi connectivity index (χ3v) is 1.40. The van der Waals surface area contributed by atoms with Crippen LogP contribution in [0.4, 0.5) is 0 Å². The summed E-state index contributed by atoms with van der Waals surface area (Å²) in [6, 6.07) is 8.17. The number of benzene rings is 1. The summed E-state index contributed by atoms with van der Waals surface area (Å²) in [7, 11) is 0. The molecule has 1 N–H and O–H groups in total. The highest BCUT2D eigenvalue weighted by Crippen LogP contribution is 2.09. The molecule has 1 radical (unpaired) electrons. The first-order valence-electron chi connectivity index (χ1n) is 3.52. The molecule has 53 valence electrons. The molecule has 1 nitrogen and oxygen atoms in total. The van der Waals surface area contributed by atoms with Gasteiger partial charge >= 0.3 is 0 Å². The van der Waals surface area contributed by atoms with E-state index >= 15 is 0 Å². The van der Waals surface area contributed by atoms with Gasteiger partial charge in [0.1, 0.15) is 5.75 Å². The van der Waals surface area contributed by atoms with Crippen molar-refractivity contribution in [2.45, 2.75) is 19.8 Å². The van der Waals surface area contributed by atoms with Gasteiger partial charge in [0.05, 0.1) is 0 Å². The van der Waals surface area contributed by atoms with E-state index in [1.165, 1.54) is 5.56 Å². The van der Waals surface area contributed by atoms with Crippen LogP contribution >= 0.6 is 0 Å². The Bertz CT molecular complexity index is 188. The molecular weight excluding hydrogens is 124 g/mol. The third-order valence-electron chi connectivity index (χ3n) is 1.40. The van der Waals surface area contributed by atoms with Gasteiger partial charge in [-0.25, -0.2) is 0 Å². The summed E-state index contributed by atoms with van der Waals surface area (Å²) < 4.78 is 0. The van der Waals surface area contributed by atoms with Crippen molar-refractivity contribution in [2.24, 2.45) is 0 Å². The molecule has 1 aromatic carbocycles. The Labute approximate surface area is 61.3 Å². The fourth-order valence-electron chi connectivity index (χ4n) is 0.893. The summed E-state index contributed by atoms with van der Waals surface area (Å²) >= 11 is 0. The van der Waals surface area contributed by atoms with Gasteiger partial charge in [-0.1, -0.05) is 19.4 Å².